The number of hydrogen-bond acceptors (Lipinski definition) is 2. The maximum Gasteiger partial charge on any atom is 0.0357 e. The van der Waals surface area contributed by atoms with Crippen molar-refractivity contribution in [2.24, 2.45) is 11.7 Å². The van der Waals surface area contributed by atoms with Crippen LogP contribution in [0, 0.1) is 5.92 Å². The van der Waals surface area contributed by atoms with Gasteiger partial charge in [0.2, 0.25) is 0 Å². The topological polar surface area (TPSA) is 29.3 Å². The molecule has 0 aromatic rings. The van der Waals surface area contributed by atoms with Crippen LogP contribution in [0.1, 0.15) is 52.9 Å². The van der Waals surface area contributed by atoms with Crippen molar-refractivity contribution in [2.75, 3.05) is 13.6 Å². The van der Waals surface area contributed by atoms with Crippen LogP contribution in [0.25, 0.3) is 0 Å². The molecule has 0 radical (unpaired) electrons. The fourth-order valence-electron chi connectivity index (χ4n) is 3.10. The summed E-state index contributed by atoms with van der Waals surface area (Å²) >= 11 is 0. The Morgan fingerprint density at radius 2 is 1.80 bits per heavy atom. The Hall–Kier alpha value is -0.0800. The third-order valence-electron chi connectivity index (χ3n) is 4.50. The molecule has 2 nitrogen and oxygen atoms in total. The van der Waals surface area contributed by atoms with Crippen molar-refractivity contribution in [3.8, 4) is 0 Å². The predicted molar refractivity (Wildman–Crippen MR) is 66.9 cm³/mol. The fraction of sp³-hybridized carbons (Fsp3) is 1.00. The van der Waals surface area contributed by atoms with Crippen LogP contribution in [-0.4, -0.2) is 30.1 Å². The highest BCUT2D eigenvalue weighted by molar-refractivity contribution is 5.03. The molecule has 1 atom stereocenters. The second-order valence-electron chi connectivity index (χ2n) is 5.02. The average Bonchev–Trinajstić information content (AvgIpc) is 3.07. The minimum atomic E-state index is 0.288. The largest absolute Gasteiger partial charge is 0.329 e. The SMILES string of the molecule is CCC(CC)N(C)C(CC)(CN)C1CC1. The smallest absolute Gasteiger partial charge is 0.0357 e. The predicted octanol–water partition coefficient (Wildman–Crippen LogP) is 2.62. The van der Waals surface area contributed by atoms with Gasteiger partial charge in [0.25, 0.3) is 0 Å². The molecule has 2 heteroatoms. The number of likely N-dealkylation sites (N-methyl/N-ethyl adjacent to an activating group) is 1. The van der Waals surface area contributed by atoms with E-state index in [0.717, 1.165) is 12.5 Å². The third kappa shape index (κ3) is 2.36. The number of rotatable bonds is 7. The lowest BCUT2D eigenvalue weighted by Gasteiger charge is -2.45. The highest BCUT2D eigenvalue weighted by Gasteiger charge is 2.46. The second kappa shape index (κ2) is 5.31. The van der Waals surface area contributed by atoms with Gasteiger partial charge in [-0.15, -0.1) is 0 Å². The fourth-order valence-corrected chi connectivity index (χ4v) is 3.10. The van der Waals surface area contributed by atoms with E-state index < -0.39 is 0 Å². The summed E-state index contributed by atoms with van der Waals surface area (Å²) in [7, 11) is 2.28. The molecule has 1 fully saturated rings. The molecule has 0 saturated heterocycles. The van der Waals surface area contributed by atoms with Crippen molar-refractivity contribution in [3.63, 3.8) is 0 Å². The zero-order valence-electron chi connectivity index (χ0n) is 10.9. The molecule has 0 bridgehead atoms. The monoisotopic (exact) mass is 212 g/mol. The van der Waals surface area contributed by atoms with Gasteiger partial charge in [-0.05, 0) is 45.1 Å². The minimum Gasteiger partial charge on any atom is -0.329 e. The number of nitrogens with two attached hydrogens (primary N) is 1. The lowest BCUT2D eigenvalue weighted by atomic mass is 9.86. The molecule has 1 aliphatic carbocycles. The molecule has 1 unspecified atom stereocenters. The first-order valence-electron chi connectivity index (χ1n) is 6.59. The molecule has 0 amide bonds. The summed E-state index contributed by atoms with van der Waals surface area (Å²) in [6.07, 6.45) is 6.44. The van der Waals surface area contributed by atoms with Gasteiger partial charge in [-0.3, -0.25) is 4.90 Å². The van der Waals surface area contributed by atoms with Gasteiger partial charge in [0, 0.05) is 18.1 Å². The van der Waals surface area contributed by atoms with E-state index in [1.165, 1.54) is 32.1 Å². The summed E-state index contributed by atoms with van der Waals surface area (Å²) in [6.45, 7) is 7.69. The standard InChI is InChI=1S/C13H28N2/c1-5-12(6-2)15(4)13(7-3,10-14)11-8-9-11/h11-12H,5-10,14H2,1-4H3. The molecular formula is C13H28N2. The Morgan fingerprint density at radius 1 is 1.27 bits per heavy atom. The van der Waals surface area contributed by atoms with Crippen LogP contribution in [0.5, 0.6) is 0 Å². The Bertz CT molecular complexity index is 179. The molecule has 1 rings (SSSR count). The molecule has 0 spiro atoms. The van der Waals surface area contributed by atoms with Crippen molar-refractivity contribution in [2.45, 2.75) is 64.5 Å². The van der Waals surface area contributed by atoms with Crippen LogP contribution in [0.4, 0.5) is 0 Å². The Labute approximate surface area is 95.2 Å². The van der Waals surface area contributed by atoms with E-state index in [1.54, 1.807) is 0 Å². The van der Waals surface area contributed by atoms with Crippen LogP contribution < -0.4 is 5.73 Å². The molecule has 0 aliphatic heterocycles. The molecule has 2 N–H and O–H groups in total. The summed E-state index contributed by atoms with van der Waals surface area (Å²) in [5.41, 5.74) is 6.35. The summed E-state index contributed by atoms with van der Waals surface area (Å²) < 4.78 is 0. The second-order valence-corrected chi connectivity index (χ2v) is 5.02. The van der Waals surface area contributed by atoms with Crippen molar-refractivity contribution in [1.82, 2.24) is 4.90 Å². The zero-order valence-corrected chi connectivity index (χ0v) is 10.9. The number of nitrogens with zero attached hydrogens (tertiary/aromatic N) is 1. The van der Waals surface area contributed by atoms with Crippen molar-refractivity contribution >= 4 is 0 Å². The normalized spacial score (nSPS) is 21.0. The average molecular weight is 212 g/mol. The molecule has 0 heterocycles. The first-order chi connectivity index (χ1) is 7.16. The molecule has 0 aromatic carbocycles. The highest BCUT2D eigenvalue weighted by Crippen LogP contribution is 2.45. The molecular weight excluding hydrogens is 184 g/mol. The van der Waals surface area contributed by atoms with E-state index in [4.69, 9.17) is 5.73 Å². The Balaban J connectivity index is 2.77. The van der Waals surface area contributed by atoms with Crippen LogP contribution >= 0.6 is 0 Å². The summed E-state index contributed by atoms with van der Waals surface area (Å²) in [6, 6.07) is 0.703. The molecule has 0 aromatic heterocycles. The van der Waals surface area contributed by atoms with Gasteiger partial charge in [0.1, 0.15) is 0 Å². The van der Waals surface area contributed by atoms with Crippen LogP contribution in [0.2, 0.25) is 0 Å². The Morgan fingerprint density at radius 3 is 2.07 bits per heavy atom. The molecule has 1 aliphatic rings. The van der Waals surface area contributed by atoms with Crippen molar-refractivity contribution in [1.29, 1.82) is 0 Å². The van der Waals surface area contributed by atoms with Crippen molar-refractivity contribution in [3.05, 3.63) is 0 Å². The highest BCUT2D eigenvalue weighted by atomic mass is 15.2. The molecule has 90 valence electrons. The van der Waals surface area contributed by atoms with E-state index in [0.29, 0.717) is 6.04 Å². The van der Waals surface area contributed by atoms with E-state index in [-0.39, 0.29) is 5.54 Å². The van der Waals surface area contributed by atoms with Crippen LogP contribution in [-0.2, 0) is 0 Å². The van der Waals surface area contributed by atoms with Crippen LogP contribution in [0.3, 0.4) is 0 Å². The minimum absolute atomic E-state index is 0.288. The Kier molecular flexibility index (Phi) is 4.60. The summed E-state index contributed by atoms with van der Waals surface area (Å²) in [5.74, 6) is 0.859. The number of hydrogen-bond donors (Lipinski definition) is 1. The van der Waals surface area contributed by atoms with Gasteiger partial charge >= 0.3 is 0 Å². The van der Waals surface area contributed by atoms with Gasteiger partial charge in [-0.2, -0.15) is 0 Å². The summed E-state index contributed by atoms with van der Waals surface area (Å²) in [5, 5.41) is 0. The van der Waals surface area contributed by atoms with Gasteiger partial charge in [-0.25, -0.2) is 0 Å². The third-order valence-corrected chi connectivity index (χ3v) is 4.50. The summed E-state index contributed by atoms with van der Waals surface area (Å²) in [4.78, 5) is 2.59. The van der Waals surface area contributed by atoms with Gasteiger partial charge in [-0.1, -0.05) is 20.8 Å². The van der Waals surface area contributed by atoms with Gasteiger partial charge in [0.15, 0.2) is 0 Å². The zero-order chi connectivity index (χ0) is 11.5. The van der Waals surface area contributed by atoms with E-state index in [1.807, 2.05) is 0 Å². The first-order valence-corrected chi connectivity index (χ1v) is 6.59. The first kappa shape index (κ1) is 13.0. The molecule has 15 heavy (non-hydrogen) atoms. The quantitative estimate of drug-likeness (QED) is 0.703. The van der Waals surface area contributed by atoms with Gasteiger partial charge in [0.05, 0.1) is 0 Å². The van der Waals surface area contributed by atoms with Gasteiger partial charge < -0.3 is 5.73 Å². The maximum absolute atomic E-state index is 6.07. The van der Waals surface area contributed by atoms with Crippen LogP contribution in [0.15, 0.2) is 0 Å². The van der Waals surface area contributed by atoms with Crippen molar-refractivity contribution < 1.29 is 0 Å². The van der Waals surface area contributed by atoms with E-state index in [2.05, 4.69) is 32.7 Å². The van der Waals surface area contributed by atoms with E-state index >= 15 is 0 Å². The lowest BCUT2D eigenvalue weighted by Crippen LogP contribution is -2.57. The lowest BCUT2D eigenvalue weighted by molar-refractivity contribution is 0.0493. The maximum atomic E-state index is 6.07. The van der Waals surface area contributed by atoms with E-state index in [9.17, 15) is 0 Å². The molecule has 1 saturated carbocycles.